The second kappa shape index (κ2) is 6.11. The maximum atomic E-state index is 12.2. The van der Waals surface area contributed by atoms with Gasteiger partial charge in [0.05, 0.1) is 16.8 Å². The number of thiophene rings is 1. The Morgan fingerprint density at radius 1 is 1.38 bits per heavy atom. The third-order valence-electron chi connectivity index (χ3n) is 3.49. The van der Waals surface area contributed by atoms with Crippen molar-refractivity contribution in [1.29, 1.82) is 0 Å². The number of anilines is 1. The van der Waals surface area contributed by atoms with Crippen LogP contribution >= 0.6 is 27.3 Å². The van der Waals surface area contributed by atoms with Crippen LogP contribution in [0.25, 0.3) is 0 Å². The Kier molecular flexibility index (Phi) is 4.21. The average Bonchev–Trinajstić information content (AvgIpc) is 3.12. The van der Waals surface area contributed by atoms with Gasteiger partial charge in [-0.05, 0) is 40.2 Å². The molecule has 0 amide bonds. The summed E-state index contributed by atoms with van der Waals surface area (Å²) in [6, 6.07) is 3.39. The first-order chi connectivity index (χ1) is 10.1. The van der Waals surface area contributed by atoms with Crippen LogP contribution in [0.15, 0.2) is 33.0 Å². The highest BCUT2D eigenvalue weighted by atomic mass is 79.9. The van der Waals surface area contributed by atoms with E-state index in [1.165, 1.54) is 16.0 Å². The summed E-state index contributed by atoms with van der Waals surface area (Å²) in [5.74, 6) is -0.111. The third kappa shape index (κ3) is 3.08. The minimum absolute atomic E-state index is 0.0295. The van der Waals surface area contributed by atoms with Gasteiger partial charge in [0.25, 0.3) is 5.56 Å². The quantitative estimate of drug-likeness (QED) is 0.779. The Hall–Kier alpha value is -1.47. The summed E-state index contributed by atoms with van der Waals surface area (Å²) in [4.78, 5) is 27.0. The van der Waals surface area contributed by atoms with Gasteiger partial charge in [0.1, 0.15) is 6.54 Å². The molecule has 0 aliphatic carbocycles. The number of Topliss-reactive ketones (excluding diaryl/α,β-unsaturated/α-hetero) is 1. The smallest absolute Gasteiger partial charge is 0.269 e. The molecule has 0 bridgehead atoms. The summed E-state index contributed by atoms with van der Waals surface area (Å²) in [6.45, 7) is 1.90. The fraction of sp³-hybridized carbons (Fsp3) is 0.357. The molecule has 0 unspecified atom stereocenters. The van der Waals surface area contributed by atoms with E-state index in [1.54, 1.807) is 12.3 Å². The highest BCUT2D eigenvalue weighted by Crippen LogP contribution is 2.23. The normalized spacial score (nSPS) is 14.6. The van der Waals surface area contributed by atoms with Crippen molar-refractivity contribution in [3.63, 3.8) is 0 Å². The zero-order valence-corrected chi connectivity index (χ0v) is 13.7. The molecule has 1 aliphatic rings. The lowest BCUT2D eigenvalue weighted by Crippen LogP contribution is -2.28. The van der Waals surface area contributed by atoms with Gasteiger partial charge in [0, 0.05) is 23.6 Å². The van der Waals surface area contributed by atoms with Crippen LogP contribution in [0, 0.1) is 0 Å². The number of carbonyl (C=O) groups is 1. The van der Waals surface area contributed by atoms with Crippen molar-refractivity contribution in [3.05, 3.63) is 43.4 Å². The Morgan fingerprint density at radius 3 is 2.76 bits per heavy atom. The highest BCUT2D eigenvalue weighted by molar-refractivity contribution is 9.10. The summed E-state index contributed by atoms with van der Waals surface area (Å²) in [6.07, 6.45) is 3.96. The predicted molar refractivity (Wildman–Crippen MR) is 86.3 cm³/mol. The van der Waals surface area contributed by atoms with Gasteiger partial charge in [0.2, 0.25) is 0 Å². The number of ketones is 1. The number of hydrogen-bond donors (Lipinski definition) is 0. The fourth-order valence-electron chi connectivity index (χ4n) is 2.39. The largest absolute Gasteiger partial charge is 0.370 e. The number of hydrogen-bond acceptors (Lipinski definition) is 5. The fourth-order valence-corrected chi connectivity index (χ4v) is 3.92. The molecule has 0 saturated carbocycles. The molecule has 2 aromatic rings. The van der Waals surface area contributed by atoms with E-state index in [4.69, 9.17) is 0 Å². The molecule has 110 valence electrons. The Balaban J connectivity index is 1.78. The van der Waals surface area contributed by atoms with Gasteiger partial charge in [-0.3, -0.25) is 9.59 Å². The molecule has 7 heteroatoms. The molecule has 3 rings (SSSR count). The second-order valence-electron chi connectivity index (χ2n) is 4.92. The molecule has 0 radical (unpaired) electrons. The monoisotopic (exact) mass is 367 g/mol. The molecule has 3 heterocycles. The van der Waals surface area contributed by atoms with Crippen molar-refractivity contribution in [1.82, 2.24) is 9.78 Å². The zero-order chi connectivity index (χ0) is 14.8. The van der Waals surface area contributed by atoms with E-state index in [1.807, 2.05) is 11.4 Å². The molecule has 1 fully saturated rings. The van der Waals surface area contributed by atoms with Crippen LogP contribution in [-0.4, -0.2) is 28.7 Å². The van der Waals surface area contributed by atoms with E-state index in [2.05, 4.69) is 25.9 Å². The zero-order valence-electron chi connectivity index (χ0n) is 11.3. The lowest BCUT2D eigenvalue weighted by atomic mass is 10.3. The summed E-state index contributed by atoms with van der Waals surface area (Å²) < 4.78 is 1.98. The summed E-state index contributed by atoms with van der Waals surface area (Å²) in [5, 5.41) is 5.97. The summed E-state index contributed by atoms with van der Waals surface area (Å²) in [5.41, 5.74) is 0.610. The van der Waals surface area contributed by atoms with Gasteiger partial charge in [-0.2, -0.15) is 5.10 Å². The van der Waals surface area contributed by atoms with Gasteiger partial charge in [-0.25, -0.2) is 4.68 Å². The number of rotatable bonds is 4. The molecule has 21 heavy (non-hydrogen) atoms. The second-order valence-corrected chi connectivity index (χ2v) is 6.70. The highest BCUT2D eigenvalue weighted by Gasteiger charge is 2.16. The van der Waals surface area contributed by atoms with E-state index in [0.29, 0.717) is 4.88 Å². The van der Waals surface area contributed by atoms with Gasteiger partial charge in [0.15, 0.2) is 5.78 Å². The molecular weight excluding hydrogens is 354 g/mol. The van der Waals surface area contributed by atoms with Crippen LogP contribution < -0.4 is 10.5 Å². The molecule has 0 N–H and O–H groups in total. The van der Waals surface area contributed by atoms with Crippen LogP contribution in [0.2, 0.25) is 0 Å². The molecule has 1 saturated heterocycles. The van der Waals surface area contributed by atoms with E-state index < -0.39 is 0 Å². The Morgan fingerprint density at radius 2 is 2.14 bits per heavy atom. The first-order valence-corrected chi connectivity index (χ1v) is 8.41. The van der Waals surface area contributed by atoms with Crippen LogP contribution in [0.1, 0.15) is 22.5 Å². The number of carbonyl (C=O) groups excluding carboxylic acids is 1. The third-order valence-corrected chi connectivity index (χ3v) is 5.37. The van der Waals surface area contributed by atoms with Crippen molar-refractivity contribution in [2.24, 2.45) is 0 Å². The number of nitrogens with zero attached hydrogens (tertiary/aromatic N) is 3. The van der Waals surface area contributed by atoms with E-state index in [0.717, 1.165) is 36.1 Å². The number of aromatic nitrogens is 2. The minimum atomic E-state index is -0.236. The Labute approximate surface area is 134 Å². The summed E-state index contributed by atoms with van der Waals surface area (Å²) in [7, 11) is 0. The van der Waals surface area contributed by atoms with Crippen LogP contribution in [0.4, 0.5) is 5.69 Å². The first kappa shape index (κ1) is 14.5. The van der Waals surface area contributed by atoms with Gasteiger partial charge < -0.3 is 4.90 Å². The van der Waals surface area contributed by atoms with E-state index >= 15 is 0 Å². The lowest BCUT2D eigenvalue weighted by molar-refractivity contribution is 0.0969. The molecule has 0 atom stereocenters. The van der Waals surface area contributed by atoms with Crippen LogP contribution in [0.5, 0.6) is 0 Å². The lowest BCUT2D eigenvalue weighted by Gasteiger charge is -2.16. The molecule has 0 spiro atoms. The molecule has 5 nitrogen and oxygen atoms in total. The minimum Gasteiger partial charge on any atom is -0.370 e. The molecule has 0 aromatic carbocycles. The van der Waals surface area contributed by atoms with Crippen molar-refractivity contribution in [2.45, 2.75) is 19.4 Å². The van der Waals surface area contributed by atoms with Crippen LogP contribution in [0.3, 0.4) is 0 Å². The van der Waals surface area contributed by atoms with Gasteiger partial charge in [-0.15, -0.1) is 11.3 Å². The van der Waals surface area contributed by atoms with Gasteiger partial charge in [-0.1, -0.05) is 0 Å². The van der Waals surface area contributed by atoms with Crippen molar-refractivity contribution in [3.8, 4) is 0 Å². The standard InChI is InChI=1S/C14H14BrN3O2S/c15-11-3-6-21-14(11)12(19)9-18-13(20)7-10(8-16-18)17-4-1-2-5-17/h3,6-8H,1-2,4-5,9H2. The predicted octanol–water partition coefficient (Wildman–Crippen LogP) is 2.55. The maximum Gasteiger partial charge on any atom is 0.269 e. The molecule has 2 aromatic heterocycles. The molecule has 1 aliphatic heterocycles. The topological polar surface area (TPSA) is 55.2 Å². The average molecular weight is 368 g/mol. The molecular formula is C14H14BrN3O2S. The maximum absolute atomic E-state index is 12.2. The van der Waals surface area contributed by atoms with Crippen molar-refractivity contribution >= 4 is 38.7 Å². The number of halogens is 1. The SMILES string of the molecule is O=C(Cn1ncc(N2CCCC2)cc1=O)c1sccc1Br. The van der Waals surface area contributed by atoms with Crippen LogP contribution in [-0.2, 0) is 6.54 Å². The van der Waals surface area contributed by atoms with Crippen molar-refractivity contribution in [2.75, 3.05) is 18.0 Å². The van der Waals surface area contributed by atoms with E-state index in [-0.39, 0.29) is 17.9 Å². The summed E-state index contributed by atoms with van der Waals surface area (Å²) >= 11 is 4.69. The Bertz CT molecular complexity index is 719. The van der Waals surface area contributed by atoms with E-state index in [9.17, 15) is 9.59 Å². The van der Waals surface area contributed by atoms with Crippen molar-refractivity contribution < 1.29 is 4.79 Å². The van der Waals surface area contributed by atoms with Gasteiger partial charge >= 0.3 is 0 Å². The first-order valence-electron chi connectivity index (χ1n) is 6.73.